The molecule has 0 unspecified atom stereocenters. The summed E-state index contributed by atoms with van der Waals surface area (Å²) in [6.45, 7) is 4.14. The smallest absolute Gasteiger partial charge is 0.276 e. The van der Waals surface area contributed by atoms with E-state index in [2.05, 4.69) is 29.2 Å². The molecule has 0 atom stereocenters. The van der Waals surface area contributed by atoms with E-state index in [1.807, 2.05) is 25.1 Å². The second kappa shape index (κ2) is 4.23. The average molecular weight is 300 g/mol. The highest BCUT2D eigenvalue weighted by atomic mass is 16.5. The van der Waals surface area contributed by atoms with Gasteiger partial charge in [0.2, 0.25) is 0 Å². The largest absolute Gasteiger partial charge is 0.333 e. The lowest BCUT2D eigenvalue weighted by Gasteiger charge is -2.02. The molecule has 3 heterocycles. The van der Waals surface area contributed by atoms with Gasteiger partial charge in [-0.3, -0.25) is 0 Å². The Morgan fingerprint density at radius 2 is 1.87 bits per heavy atom. The van der Waals surface area contributed by atoms with Crippen LogP contribution in [0.5, 0.6) is 0 Å². The number of hydrogen-bond donors (Lipinski definition) is 0. The van der Waals surface area contributed by atoms with Crippen molar-refractivity contribution in [3.63, 3.8) is 0 Å². The summed E-state index contributed by atoms with van der Waals surface area (Å²) in [5, 5.41) is 8.12. The molecule has 0 fully saturated rings. The Kier molecular flexibility index (Phi) is 2.29. The summed E-state index contributed by atoms with van der Waals surface area (Å²) in [4.78, 5) is 13.7. The molecule has 2 aromatic carbocycles. The minimum Gasteiger partial charge on any atom is -0.333 e. The number of benzene rings is 2. The van der Waals surface area contributed by atoms with Gasteiger partial charge in [0.15, 0.2) is 6.33 Å². The van der Waals surface area contributed by atoms with Crippen LogP contribution in [0.25, 0.3) is 5.57 Å². The monoisotopic (exact) mass is 300 g/mol. The van der Waals surface area contributed by atoms with Crippen molar-refractivity contribution >= 4 is 22.7 Å². The van der Waals surface area contributed by atoms with E-state index in [0.29, 0.717) is 5.89 Å². The third-order valence-electron chi connectivity index (χ3n) is 4.48. The standard InChI is InChI=1S/C18H12N4O/c1-9-15-10(2)17(18-19-8-20-23-18)22-14(15)7-12-11-5-3-4-6-13(11)21-16(9)12/h3-8H,1-2H3. The van der Waals surface area contributed by atoms with Gasteiger partial charge in [0, 0.05) is 15.7 Å². The van der Waals surface area contributed by atoms with Crippen molar-refractivity contribution in [3.8, 4) is 0 Å². The van der Waals surface area contributed by atoms with Gasteiger partial charge in [-0.15, -0.1) is 0 Å². The Morgan fingerprint density at radius 3 is 2.70 bits per heavy atom. The molecule has 0 aliphatic carbocycles. The van der Waals surface area contributed by atoms with Crippen LogP contribution in [-0.4, -0.2) is 15.9 Å². The van der Waals surface area contributed by atoms with Crippen molar-refractivity contribution in [3.05, 3.63) is 69.1 Å². The number of nitrogens with zero attached hydrogens (tertiary/aromatic N) is 4. The van der Waals surface area contributed by atoms with E-state index in [1.165, 1.54) is 6.33 Å². The molecule has 0 bridgehead atoms. The van der Waals surface area contributed by atoms with Crippen LogP contribution in [0.3, 0.4) is 0 Å². The minimum atomic E-state index is 0.454. The van der Waals surface area contributed by atoms with Gasteiger partial charge in [-0.05, 0) is 37.1 Å². The molecule has 0 radical (unpaired) electrons. The van der Waals surface area contributed by atoms with Gasteiger partial charge in [-0.1, -0.05) is 23.4 Å². The maximum Gasteiger partial charge on any atom is 0.276 e. The molecular weight excluding hydrogens is 288 g/mol. The summed E-state index contributed by atoms with van der Waals surface area (Å²) in [6, 6.07) is 10.3. The fourth-order valence-corrected chi connectivity index (χ4v) is 3.43. The van der Waals surface area contributed by atoms with Crippen LogP contribution in [0.4, 0.5) is 11.4 Å². The summed E-state index contributed by atoms with van der Waals surface area (Å²) in [6.07, 6.45) is 1.40. The fourth-order valence-electron chi connectivity index (χ4n) is 3.43. The number of aromatic nitrogens is 2. The third kappa shape index (κ3) is 1.56. The molecule has 110 valence electrons. The van der Waals surface area contributed by atoms with E-state index in [4.69, 9.17) is 14.5 Å². The summed E-state index contributed by atoms with van der Waals surface area (Å²) < 4.78 is 5.18. The number of rotatable bonds is 1. The van der Waals surface area contributed by atoms with Gasteiger partial charge in [0.1, 0.15) is 5.71 Å². The first-order valence-electron chi connectivity index (χ1n) is 7.43. The predicted octanol–water partition coefficient (Wildman–Crippen LogP) is 2.23. The first-order chi connectivity index (χ1) is 11.2. The second-order valence-electron chi connectivity index (χ2n) is 5.75. The van der Waals surface area contributed by atoms with E-state index in [9.17, 15) is 0 Å². The highest BCUT2D eigenvalue weighted by Gasteiger charge is 2.23. The molecule has 2 aliphatic rings. The summed E-state index contributed by atoms with van der Waals surface area (Å²) in [7, 11) is 0. The maximum atomic E-state index is 5.18. The number of fused-ring (bicyclic) bond motifs is 3. The van der Waals surface area contributed by atoms with Crippen molar-refractivity contribution in [1.29, 1.82) is 0 Å². The minimum absolute atomic E-state index is 0.454. The normalized spacial score (nSPS) is 14.2. The molecule has 0 N–H and O–H groups in total. The van der Waals surface area contributed by atoms with Crippen molar-refractivity contribution < 1.29 is 4.52 Å². The average Bonchev–Trinajstić information content (AvgIpc) is 3.26. The van der Waals surface area contributed by atoms with E-state index >= 15 is 0 Å². The van der Waals surface area contributed by atoms with Crippen molar-refractivity contribution in [1.82, 2.24) is 10.1 Å². The Hall–Kier alpha value is -3.08. The first kappa shape index (κ1) is 12.5. The predicted molar refractivity (Wildman–Crippen MR) is 85.3 cm³/mol. The molecule has 0 spiro atoms. The SMILES string of the molecule is CC1=c2c(cc3c(c2C)N=c2ccccc2=3)N=C1c1ncno1. The topological polar surface area (TPSA) is 63.6 Å². The summed E-state index contributed by atoms with van der Waals surface area (Å²) >= 11 is 0. The van der Waals surface area contributed by atoms with E-state index in [1.54, 1.807) is 0 Å². The van der Waals surface area contributed by atoms with Crippen LogP contribution in [0, 0.1) is 17.4 Å². The highest BCUT2D eigenvalue weighted by molar-refractivity contribution is 6.28. The van der Waals surface area contributed by atoms with Crippen LogP contribution in [0.15, 0.2) is 51.2 Å². The van der Waals surface area contributed by atoms with Crippen molar-refractivity contribution in [2.24, 2.45) is 9.98 Å². The van der Waals surface area contributed by atoms with Crippen molar-refractivity contribution in [2.75, 3.05) is 0 Å². The fraction of sp³-hybridized carbons (Fsp3) is 0.111. The van der Waals surface area contributed by atoms with Crippen molar-refractivity contribution in [2.45, 2.75) is 13.8 Å². The van der Waals surface area contributed by atoms with E-state index in [-0.39, 0.29) is 0 Å². The van der Waals surface area contributed by atoms with Gasteiger partial charge in [-0.25, -0.2) is 9.98 Å². The zero-order chi connectivity index (χ0) is 15.6. The highest BCUT2D eigenvalue weighted by Crippen LogP contribution is 2.29. The van der Waals surface area contributed by atoms with Crippen LogP contribution in [0.1, 0.15) is 18.4 Å². The molecule has 0 amide bonds. The van der Waals surface area contributed by atoms with Gasteiger partial charge >= 0.3 is 0 Å². The summed E-state index contributed by atoms with van der Waals surface area (Å²) in [5.74, 6) is 0.454. The maximum absolute atomic E-state index is 5.18. The molecule has 23 heavy (non-hydrogen) atoms. The van der Waals surface area contributed by atoms with Gasteiger partial charge in [0.05, 0.1) is 16.7 Å². The molecule has 3 aromatic rings. The lowest BCUT2D eigenvalue weighted by atomic mass is 10.0. The zero-order valence-corrected chi connectivity index (χ0v) is 12.7. The molecule has 0 saturated heterocycles. The van der Waals surface area contributed by atoms with E-state index < -0.39 is 0 Å². The molecule has 2 aliphatic heterocycles. The first-order valence-corrected chi connectivity index (χ1v) is 7.43. The number of para-hydroxylation sites is 1. The Labute approximate surface area is 131 Å². The number of hydrogen-bond acceptors (Lipinski definition) is 5. The molecule has 1 aromatic heterocycles. The molecular formula is C18H12N4O. The lowest BCUT2D eigenvalue weighted by Crippen LogP contribution is -2.10. The lowest BCUT2D eigenvalue weighted by molar-refractivity contribution is 0.410. The Morgan fingerprint density at radius 1 is 1.00 bits per heavy atom. The van der Waals surface area contributed by atoms with Gasteiger partial charge < -0.3 is 4.52 Å². The van der Waals surface area contributed by atoms with E-state index in [0.717, 1.165) is 49.2 Å². The Balaban J connectivity index is 1.91. The number of aliphatic imine (C=N–C) groups is 1. The second-order valence-corrected chi connectivity index (χ2v) is 5.75. The van der Waals surface area contributed by atoms with Crippen LogP contribution in [0.2, 0.25) is 0 Å². The van der Waals surface area contributed by atoms with Gasteiger partial charge in [-0.2, -0.15) is 4.98 Å². The van der Waals surface area contributed by atoms with Crippen LogP contribution in [-0.2, 0) is 0 Å². The van der Waals surface area contributed by atoms with Crippen LogP contribution < -0.4 is 10.6 Å². The Bertz CT molecular complexity index is 1220. The summed E-state index contributed by atoms with van der Waals surface area (Å²) in [5.41, 5.74) is 4.92. The molecule has 5 heteroatoms. The van der Waals surface area contributed by atoms with Crippen LogP contribution >= 0.6 is 0 Å². The molecule has 0 saturated carbocycles. The van der Waals surface area contributed by atoms with Gasteiger partial charge in [0.25, 0.3) is 5.89 Å². The zero-order valence-electron chi connectivity index (χ0n) is 12.7. The third-order valence-corrected chi connectivity index (χ3v) is 4.48. The quantitative estimate of drug-likeness (QED) is 0.541. The molecule has 5 rings (SSSR count). The molecule has 5 nitrogen and oxygen atoms in total.